The van der Waals surface area contributed by atoms with Gasteiger partial charge in [0.25, 0.3) is 5.91 Å². The van der Waals surface area contributed by atoms with Gasteiger partial charge in [0.1, 0.15) is 5.65 Å². The second-order valence-electron chi connectivity index (χ2n) is 7.13. The number of hydrogen-bond donors (Lipinski definition) is 1. The summed E-state index contributed by atoms with van der Waals surface area (Å²) in [4.78, 5) is 25.5. The Bertz CT molecular complexity index is 1010. The number of nitrogens with zero attached hydrogens (tertiary/aromatic N) is 5. The van der Waals surface area contributed by atoms with Gasteiger partial charge in [-0.2, -0.15) is 0 Å². The largest absolute Gasteiger partial charge is 0.459 e. The van der Waals surface area contributed by atoms with Gasteiger partial charge in [0.2, 0.25) is 0 Å². The summed E-state index contributed by atoms with van der Waals surface area (Å²) in [7, 11) is 1.79. The first-order valence-corrected chi connectivity index (χ1v) is 9.87. The molecule has 0 unspecified atom stereocenters. The van der Waals surface area contributed by atoms with Gasteiger partial charge in [0.05, 0.1) is 12.0 Å². The molecule has 0 saturated carbocycles. The number of imidazole rings is 1. The molecule has 0 spiro atoms. The number of guanidine groups is 1. The maximum atomic E-state index is 12.4. The summed E-state index contributed by atoms with van der Waals surface area (Å²) < 4.78 is 7.28. The number of halogens is 1. The number of fused-ring (bicyclic) bond motifs is 1. The van der Waals surface area contributed by atoms with Gasteiger partial charge >= 0.3 is 0 Å². The van der Waals surface area contributed by atoms with Crippen LogP contribution in [0, 0.1) is 6.92 Å². The molecule has 1 saturated heterocycles. The van der Waals surface area contributed by atoms with Crippen molar-refractivity contribution in [2.45, 2.75) is 13.3 Å². The van der Waals surface area contributed by atoms with Crippen molar-refractivity contribution in [1.82, 2.24) is 24.5 Å². The van der Waals surface area contributed by atoms with Crippen LogP contribution in [0.1, 0.15) is 21.8 Å². The van der Waals surface area contributed by atoms with Crippen LogP contribution in [-0.2, 0) is 6.42 Å². The third kappa shape index (κ3) is 4.77. The van der Waals surface area contributed by atoms with Crippen LogP contribution >= 0.6 is 24.0 Å². The van der Waals surface area contributed by atoms with E-state index in [-0.39, 0.29) is 29.9 Å². The Kier molecular flexibility index (Phi) is 7.35. The number of carbonyl (C=O) groups excluding carboxylic acids is 1. The van der Waals surface area contributed by atoms with Crippen molar-refractivity contribution in [3.05, 3.63) is 59.9 Å². The summed E-state index contributed by atoms with van der Waals surface area (Å²) in [6.07, 6.45) is 6.44. The van der Waals surface area contributed by atoms with E-state index >= 15 is 0 Å². The monoisotopic (exact) mass is 522 g/mol. The molecular weight excluding hydrogens is 495 g/mol. The molecule has 3 aromatic rings. The summed E-state index contributed by atoms with van der Waals surface area (Å²) in [6, 6.07) is 7.54. The molecule has 1 amide bonds. The van der Waals surface area contributed by atoms with Crippen molar-refractivity contribution in [2.24, 2.45) is 4.99 Å². The molecule has 1 aliphatic rings. The maximum absolute atomic E-state index is 12.4. The Morgan fingerprint density at radius 3 is 2.63 bits per heavy atom. The average molecular weight is 522 g/mol. The van der Waals surface area contributed by atoms with Crippen molar-refractivity contribution in [3.8, 4) is 0 Å². The standard InChI is InChI=1S/C21H26N6O2.HI/c1-16-5-3-9-27-15-17(24-19(16)27)7-8-23-21(22-2)26-12-10-25(11-13-26)20(28)18-6-4-14-29-18;/h3-6,9,14-15H,7-8,10-13H2,1-2H3,(H,22,23);1H. The van der Waals surface area contributed by atoms with Crippen LogP contribution in [0.25, 0.3) is 5.65 Å². The van der Waals surface area contributed by atoms with Crippen LogP contribution in [-0.4, -0.2) is 70.8 Å². The second kappa shape index (κ2) is 9.96. The molecule has 0 radical (unpaired) electrons. The minimum Gasteiger partial charge on any atom is -0.459 e. The maximum Gasteiger partial charge on any atom is 0.289 e. The van der Waals surface area contributed by atoms with E-state index in [2.05, 4.69) is 38.8 Å². The molecule has 30 heavy (non-hydrogen) atoms. The van der Waals surface area contributed by atoms with Crippen LogP contribution in [0.3, 0.4) is 0 Å². The van der Waals surface area contributed by atoms with E-state index in [1.165, 1.54) is 11.8 Å². The van der Waals surface area contributed by atoms with E-state index in [9.17, 15) is 4.79 Å². The first kappa shape index (κ1) is 22.1. The van der Waals surface area contributed by atoms with Crippen LogP contribution in [0.5, 0.6) is 0 Å². The van der Waals surface area contributed by atoms with Gasteiger partial charge < -0.3 is 23.9 Å². The zero-order valence-corrected chi connectivity index (χ0v) is 19.6. The lowest BCUT2D eigenvalue weighted by Crippen LogP contribution is -2.54. The number of aryl methyl sites for hydroxylation is 1. The van der Waals surface area contributed by atoms with Crippen molar-refractivity contribution in [3.63, 3.8) is 0 Å². The molecular formula is C21H27IN6O2. The molecule has 8 nitrogen and oxygen atoms in total. The van der Waals surface area contributed by atoms with Crippen LogP contribution < -0.4 is 5.32 Å². The zero-order valence-electron chi connectivity index (χ0n) is 17.2. The van der Waals surface area contributed by atoms with Gasteiger partial charge in [0.15, 0.2) is 11.7 Å². The number of aromatic nitrogens is 2. The smallest absolute Gasteiger partial charge is 0.289 e. The van der Waals surface area contributed by atoms with E-state index in [4.69, 9.17) is 9.40 Å². The van der Waals surface area contributed by atoms with E-state index in [0.29, 0.717) is 18.8 Å². The van der Waals surface area contributed by atoms with Gasteiger partial charge in [-0.15, -0.1) is 24.0 Å². The molecule has 0 aliphatic carbocycles. The Hall–Kier alpha value is -2.56. The van der Waals surface area contributed by atoms with Gasteiger partial charge in [0, 0.05) is 58.6 Å². The van der Waals surface area contributed by atoms with Gasteiger partial charge in [-0.25, -0.2) is 4.98 Å². The highest BCUT2D eigenvalue weighted by Crippen LogP contribution is 2.11. The average Bonchev–Trinajstić information content (AvgIpc) is 3.41. The topological polar surface area (TPSA) is 78.4 Å². The number of hydrogen-bond acceptors (Lipinski definition) is 4. The normalized spacial score (nSPS) is 14.7. The first-order chi connectivity index (χ1) is 14.2. The zero-order chi connectivity index (χ0) is 20.2. The number of carbonyl (C=O) groups is 1. The number of nitrogens with one attached hydrogen (secondary N) is 1. The van der Waals surface area contributed by atoms with Crippen molar-refractivity contribution in [2.75, 3.05) is 39.8 Å². The SMILES string of the molecule is CN=C(NCCc1cn2cccc(C)c2n1)N1CCN(C(=O)c2ccco2)CC1.I. The minimum atomic E-state index is -0.0558. The summed E-state index contributed by atoms with van der Waals surface area (Å²) in [5, 5.41) is 3.42. The molecule has 1 N–H and O–H groups in total. The van der Waals surface area contributed by atoms with E-state index < -0.39 is 0 Å². The number of pyridine rings is 1. The molecule has 3 aromatic heterocycles. The quantitative estimate of drug-likeness (QED) is 0.324. The molecule has 0 aromatic carbocycles. The van der Waals surface area contributed by atoms with Gasteiger partial charge in [-0.3, -0.25) is 9.79 Å². The Labute approximate surface area is 193 Å². The summed E-state index contributed by atoms with van der Waals surface area (Å²) in [6.45, 7) is 5.58. The van der Waals surface area contributed by atoms with Gasteiger partial charge in [-0.05, 0) is 30.7 Å². The highest BCUT2D eigenvalue weighted by molar-refractivity contribution is 14.0. The Morgan fingerprint density at radius 1 is 1.20 bits per heavy atom. The van der Waals surface area contributed by atoms with Crippen LogP contribution in [0.15, 0.2) is 52.3 Å². The second-order valence-corrected chi connectivity index (χ2v) is 7.13. The van der Waals surface area contributed by atoms with E-state index in [1.807, 2.05) is 17.2 Å². The summed E-state index contributed by atoms with van der Waals surface area (Å²) in [5.41, 5.74) is 3.23. The van der Waals surface area contributed by atoms with Crippen LogP contribution in [0.4, 0.5) is 0 Å². The predicted octanol–water partition coefficient (Wildman–Crippen LogP) is 2.43. The lowest BCUT2D eigenvalue weighted by atomic mass is 10.3. The lowest BCUT2D eigenvalue weighted by molar-refractivity contribution is 0.0658. The fraction of sp³-hybridized carbons (Fsp3) is 0.381. The Morgan fingerprint density at radius 2 is 1.97 bits per heavy atom. The van der Waals surface area contributed by atoms with E-state index in [1.54, 1.807) is 19.2 Å². The highest BCUT2D eigenvalue weighted by Gasteiger charge is 2.25. The molecule has 0 bridgehead atoms. The molecule has 160 valence electrons. The molecule has 0 atom stereocenters. The fourth-order valence-electron chi connectivity index (χ4n) is 3.64. The third-order valence-electron chi connectivity index (χ3n) is 5.20. The lowest BCUT2D eigenvalue weighted by Gasteiger charge is -2.36. The van der Waals surface area contributed by atoms with Crippen molar-refractivity contribution >= 4 is 41.5 Å². The molecule has 9 heteroatoms. The minimum absolute atomic E-state index is 0. The molecule has 4 heterocycles. The predicted molar refractivity (Wildman–Crippen MR) is 127 cm³/mol. The molecule has 1 aliphatic heterocycles. The number of piperazine rings is 1. The van der Waals surface area contributed by atoms with Crippen LogP contribution in [0.2, 0.25) is 0 Å². The van der Waals surface area contributed by atoms with Crippen molar-refractivity contribution < 1.29 is 9.21 Å². The van der Waals surface area contributed by atoms with Gasteiger partial charge in [-0.1, -0.05) is 6.07 Å². The van der Waals surface area contributed by atoms with Crippen molar-refractivity contribution in [1.29, 1.82) is 0 Å². The number of aliphatic imine (C=N–C) groups is 1. The fourth-order valence-corrected chi connectivity index (χ4v) is 3.64. The molecule has 1 fully saturated rings. The molecule has 4 rings (SSSR count). The number of rotatable bonds is 4. The Balaban J connectivity index is 0.00000256. The summed E-state index contributed by atoms with van der Waals surface area (Å²) in [5.74, 6) is 1.19. The van der Waals surface area contributed by atoms with E-state index in [0.717, 1.165) is 43.4 Å². The summed E-state index contributed by atoms with van der Waals surface area (Å²) >= 11 is 0. The number of furan rings is 1. The third-order valence-corrected chi connectivity index (χ3v) is 5.20. The highest BCUT2D eigenvalue weighted by atomic mass is 127. The number of amides is 1. The first-order valence-electron chi connectivity index (χ1n) is 9.87.